The molecule has 27 heteroatoms. The Morgan fingerprint density at radius 1 is 0.371 bits per heavy atom. The van der Waals surface area contributed by atoms with Crippen LogP contribution < -0.4 is 36.1 Å². The molecule has 0 aliphatic carbocycles. The number of aryl methyl sites for hydroxylation is 1. The molecule has 0 fully saturated rings. The molecule has 0 saturated heterocycles. The van der Waals surface area contributed by atoms with E-state index in [1.807, 2.05) is 92.0 Å². The van der Waals surface area contributed by atoms with Gasteiger partial charge in [0.25, 0.3) is 0 Å². The van der Waals surface area contributed by atoms with Crippen LogP contribution in [0.2, 0.25) is 0 Å². The summed E-state index contributed by atoms with van der Waals surface area (Å²) in [4.78, 5) is 96.9. The smallest absolute Gasteiger partial charge is 0.223 e. The molecule has 0 aliphatic heterocycles. The normalized spacial score (nSPS) is 11.4. The number of hydrogen-bond donors (Lipinski definition) is 6. The average molecular weight is 1650 g/mol. The zero-order valence-corrected chi connectivity index (χ0v) is 77.8. The van der Waals surface area contributed by atoms with Crippen LogP contribution in [0.3, 0.4) is 0 Å². The van der Waals surface area contributed by atoms with E-state index in [9.17, 15) is 33.6 Å². The van der Waals surface area contributed by atoms with Crippen molar-refractivity contribution < 1.29 is 81.3 Å². The lowest BCUT2D eigenvalue weighted by molar-refractivity contribution is -0.134. The highest BCUT2D eigenvalue weighted by Gasteiger charge is 2.23. The van der Waals surface area contributed by atoms with Crippen LogP contribution in [-0.2, 0) is 86.0 Å². The second kappa shape index (κ2) is 65.9. The van der Waals surface area contributed by atoms with Gasteiger partial charge in [0, 0.05) is 169 Å². The van der Waals surface area contributed by atoms with Crippen molar-refractivity contribution >= 4 is 41.4 Å². The summed E-state index contributed by atoms with van der Waals surface area (Å²) in [7, 11) is 9.89. The molecule has 7 amide bonds. The number of ether oxygens (including phenoxy) is 9. The number of carbonyl (C=O) groups is 7. The molecule has 0 radical (unpaired) electrons. The minimum atomic E-state index is -0.0400. The maximum Gasteiger partial charge on any atom is 0.223 e. The number of methoxy groups -OCH3 is 5. The van der Waals surface area contributed by atoms with E-state index in [1.54, 1.807) is 57.7 Å². The number of nitrogens with zero attached hydrogens (tertiary/aromatic N) is 5. The summed E-state index contributed by atoms with van der Waals surface area (Å²) in [5.74, 6) is 1.96. The van der Waals surface area contributed by atoms with E-state index in [4.69, 9.17) is 47.7 Å². The fourth-order valence-electron chi connectivity index (χ4n) is 9.56. The van der Waals surface area contributed by atoms with Crippen molar-refractivity contribution in [3.05, 3.63) is 77.4 Å². The van der Waals surface area contributed by atoms with Gasteiger partial charge in [0.1, 0.15) is 0 Å². The van der Waals surface area contributed by atoms with E-state index < -0.39 is 0 Å². The topological polar surface area (TPSA) is 328 Å². The highest BCUT2D eigenvalue weighted by Crippen LogP contribution is 2.23. The molecule has 672 valence electrons. The van der Waals surface area contributed by atoms with Crippen LogP contribution >= 0.6 is 0 Å². The second-order valence-electron chi connectivity index (χ2n) is 36.7. The number of carbonyl (C=O) groups excluding carboxylic acids is 7. The number of amides is 7. The maximum absolute atomic E-state index is 12.0. The Hall–Kier alpha value is -6.98. The van der Waals surface area contributed by atoms with Crippen molar-refractivity contribution in [2.24, 2.45) is 37.9 Å². The molecule has 0 spiro atoms. The zero-order chi connectivity index (χ0) is 89.5. The number of likely N-dealkylation sites (N-methyl/N-ethyl adjacent to an activating group) is 1. The second-order valence-corrected chi connectivity index (χ2v) is 36.7. The number of pyridine rings is 3. The zero-order valence-electron chi connectivity index (χ0n) is 77.8. The van der Waals surface area contributed by atoms with Crippen molar-refractivity contribution in [1.82, 2.24) is 51.3 Å². The third-order valence-corrected chi connectivity index (χ3v) is 15.0. The molecule has 27 nitrogen and oxygen atoms in total. The van der Waals surface area contributed by atoms with E-state index in [0.29, 0.717) is 175 Å². The molecular weight excluding hydrogens is 1480 g/mol. The van der Waals surface area contributed by atoms with Gasteiger partial charge >= 0.3 is 0 Å². The number of rotatable bonds is 43. The summed E-state index contributed by atoms with van der Waals surface area (Å²) in [6.45, 7) is 58.2. The Kier molecular flexibility index (Phi) is 65.5. The minimum Gasteiger partial charge on any atom is -0.481 e. The molecule has 0 unspecified atom stereocenters. The number of nitrogens with one attached hydrogen (secondary N) is 5. The SMILES string of the molecule is CCCOCCNC(=O)CC(C)(C)C.COCCOCCN(C)C(=O)CC(C)(C)C.COCCOCCN(CCO)C(=O)CC(C)(C)C.COCCOCCNC(=O)CC(C)(C)C.COc1cc(CCNC(=O)CC(C)(C)C)ccn1.COc1ccc(CCNC(=O)CC(C)(C)C)cn1.Cc1cc(CCNC(=O)CC(C)(C)C)ccn1. The van der Waals surface area contributed by atoms with E-state index in [0.717, 1.165) is 49.1 Å². The van der Waals surface area contributed by atoms with Crippen molar-refractivity contribution in [2.45, 2.75) is 230 Å². The van der Waals surface area contributed by atoms with Gasteiger partial charge in [-0.2, -0.15) is 0 Å². The third kappa shape index (κ3) is 83.5. The highest BCUT2D eigenvalue weighted by atomic mass is 16.5. The summed E-state index contributed by atoms with van der Waals surface area (Å²) in [6, 6.07) is 11.6. The monoisotopic (exact) mass is 1650 g/mol. The first-order valence-electron chi connectivity index (χ1n) is 41.0. The highest BCUT2D eigenvalue weighted by molar-refractivity contribution is 5.79. The van der Waals surface area contributed by atoms with Crippen LogP contribution in [0.5, 0.6) is 11.8 Å². The van der Waals surface area contributed by atoms with Crippen molar-refractivity contribution in [3.63, 3.8) is 0 Å². The number of aliphatic hydroxyl groups is 1. The Morgan fingerprint density at radius 2 is 0.716 bits per heavy atom. The van der Waals surface area contributed by atoms with E-state index in [2.05, 4.69) is 158 Å². The molecule has 3 rings (SSSR count). The fraction of sp³-hybridized carbons (Fsp3) is 0.753. The van der Waals surface area contributed by atoms with Gasteiger partial charge in [-0.05, 0) is 105 Å². The van der Waals surface area contributed by atoms with Gasteiger partial charge in [-0.3, -0.25) is 38.5 Å². The Labute approximate surface area is 701 Å². The van der Waals surface area contributed by atoms with Crippen molar-refractivity contribution in [2.75, 3.05) is 174 Å². The van der Waals surface area contributed by atoms with Crippen LogP contribution in [0, 0.1) is 44.8 Å². The van der Waals surface area contributed by atoms with Gasteiger partial charge in [-0.1, -0.05) is 158 Å². The molecule has 0 aromatic carbocycles. The van der Waals surface area contributed by atoms with E-state index >= 15 is 0 Å². The van der Waals surface area contributed by atoms with E-state index in [1.165, 1.54) is 5.56 Å². The van der Waals surface area contributed by atoms with Crippen LogP contribution in [0.1, 0.15) is 226 Å². The van der Waals surface area contributed by atoms with Gasteiger partial charge in [0.15, 0.2) is 0 Å². The third-order valence-electron chi connectivity index (χ3n) is 15.0. The molecule has 0 aliphatic rings. The molecule has 3 aromatic rings. The van der Waals surface area contributed by atoms with Crippen LogP contribution in [0.4, 0.5) is 0 Å². The van der Waals surface area contributed by atoms with Crippen molar-refractivity contribution in [3.8, 4) is 11.8 Å². The quantitative estimate of drug-likeness (QED) is 0.0287. The molecule has 0 saturated carbocycles. The van der Waals surface area contributed by atoms with E-state index in [-0.39, 0.29) is 85.9 Å². The molecule has 3 aromatic heterocycles. The molecule has 0 atom stereocenters. The van der Waals surface area contributed by atoms with Gasteiger partial charge in [0.2, 0.25) is 53.1 Å². The minimum absolute atomic E-state index is 0.0199. The predicted molar refractivity (Wildman–Crippen MR) is 466 cm³/mol. The van der Waals surface area contributed by atoms with Gasteiger partial charge in [0.05, 0.1) is 86.9 Å². The lowest BCUT2D eigenvalue weighted by Gasteiger charge is -2.26. The largest absolute Gasteiger partial charge is 0.481 e. The first kappa shape index (κ1) is 115. The standard InChI is InChI=1S/2C14H22N2O2.C14H22N2O.C13H27NO4.C12H25NO3.C11H23NO3.C11H23NO2/c1-14(2,3)10-12(17)15-7-5-11-6-8-16-13(9-11)18-4;1-14(2,3)9-12(17)15-8-7-11-5-6-13(18-4)16-10-11;1-11-9-12(5-7-15-11)6-8-16-13(17)10-14(2,3)4;1-13(2,3)11-12(16)14(5-7-15)6-8-18-10-9-17-4;1-12(2,3)10-11(14)13(4)6-7-16-9-8-15-5;1-11(2,3)9-10(13)12-5-6-15-8-7-14-4;1-5-7-14-8-6-12-10(13)9-11(2,3)4/h6,8-9H,5,7,10H2,1-4H3,(H,15,17);5-6,10H,7-9H2,1-4H3,(H,15,17);5,7,9H,6,8,10H2,1-4H3,(H,16,17);15H,5-11H2,1-4H3;6-10H2,1-5H3;5-9H2,1-4H3,(H,12,13);5-9H2,1-4H3,(H,12,13). The first-order chi connectivity index (χ1) is 53.9. The Balaban J connectivity index is -0.000000632. The molecule has 6 N–H and O–H groups in total. The van der Waals surface area contributed by atoms with Crippen LogP contribution in [0.15, 0.2) is 55.0 Å². The lowest BCUT2D eigenvalue weighted by Crippen LogP contribution is -2.38. The van der Waals surface area contributed by atoms with Gasteiger partial charge in [-0.15, -0.1) is 0 Å². The van der Waals surface area contributed by atoms with Gasteiger partial charge in [-0.25, -0.2) is 9.97 Å². The molecule has 116 heavy (non-hydrogen) atoms. The number of aromatic nitrogens is 3. The molecular formula is C89H164N10O17. The van der Waals surface area contributed by atoms with Crippen LogP contribution in [-0.4, -0.2) is 245 Å². The Morgan fingerprint density at radius 3 is 1.06 bits per heavy atom. The predicted octanol–water partition coefficient (Wildman–Crippen LogP) is 12.5. The van der Waals surface area contributed by atoms with Crippen molar-refractivity contribution in [1.29, 1.82) is 0 Å². The van der Waals surface area contributed by atoms with Gasteiger partial charge < -0.3 is 84.1 Å². The summed E-state index contributed by atoms with van der Waals surface area (Å²) in [5.41, 5.74) is 4.66. The summed E-state index contributed by atoms with van der Waals surface area (Å²) in [5, 5.41) is 23.4. The molecule has 3 heterocycles. The Bertz CT molecular complexity index is 3020. The lowest BCUT2D eigenvalue weighted by atomic mass is 9.91. The number of hydrogen-bond acceptors (Lipinski definition) is 20. The number of aliphatic hydroxyl groups excluding tert-OH is 1. The molecule has 0 bridgehead atoms. The van der Waals surface area contributed by atoms with Crippen LogP contribution in [0.25, 0.3) is 0 Å². The summed E-state index contributed by atoms with van der Waals surface area (Å²) < 4.78 is 45.7. The first-order valence-corrected chi connectivity index (χ1v) is 41.0. The average Bonchev–Trinajstić information content (AvgIpc) is 0.944. The maximum atomic E-state index is 12.0. The summed E-state index contributed by atoms with van der Waals surface area (Å²) >= 11 is 0. The summed E-state index contributed by atoms with van der Waals surface area (Å²) in [6.07, 6.45) is 12.6. The fourth-order valence-corrected chi connectivity index (χ4v) is 9.56.